The van der Waals surface area contributed by atoms with Crippen molar-refractivity contribution in [2.24, 2.45) is 5.11 Å². The third-order valence-corrected chi connectivity index (χ3v) is 3.10. The summed E-state index contributed by atoms with van der Waals surface area (Å²) < 4.78 is 0. The summed E-state index contributed by atoms with van der Waals surface area (Å²) in [5.41, 5.74) is 22.8. The van der Waals surface area contributed by atoms with Crippen LogP contribution in [0.25, 0.3) is 26.4 Å². The van der Waals surface area contributed by atoms with E-state index in [1.807, 2.05) is 36.4 Å². The normalized spacial score (nSPS) is 7.34. The molecule has 0 aromatic heterocycles. The molecule has 0 saturated carbocycles. The largest absolute Gasteiger partial charge is 1.00 e. The Morgan fingerprint density at radius 3 is 1.62 bits per heavy atom. The standard InChI is InChI=1S/C8H7BrO.C8H7N3O.C2H3N.N3.Na/c9-6-8(10)7-4-2-1-3-5-7;9-11-10-6-8(12)7-4-2-1-3-5-7;1-2-3;1-3-2;/h1-5H,6H2;1-5H,6H2;1H3;;/q;;;-1;+1. The van der Waals surface area contributed by atoms with Crippen LogP contribution < -0.4 is 29.6 Å². The molecule has 0 spiro atoms. The Hall–Kier alpha value is -2.63. The zero-order valence-corrected chi connectivity index (χ0v) is 19.6. The molecule has 0 heterocycles. The summed E-state index contributed by atoms with van der Waals surface area (Å²) in [5.74, 6) is -0.0333. The van der Waals surface area contributed by atoms with Crippen LogP contribution in [0.1, 0.15) is 27.6 Å². The van der Waals surface area contributed by atoms with Crippen LogP contribution in [0.3, 0.4) is 0 Å². The van der Waals surface area contributed by atoms with Crippen LogP contribution in [0.4, 0.5) is 0 Å². The minimum absolute atomic E-state index is 0. The smallest absolute Gasteiger partial charge is 0.373 e. The summed E-state index contributed by atoms with van der Waals surface area (Å²) in [6.45, 7) is 1.32. The van der Waals surface area contributed by atoms with Crippen molar-refractivity contribution in [2.45, 2.75) is 6.92 Å². The molecule has 0 amide bonds. The molecular weight excluding hydrogens is 449 g/mol. The number of hydrogen-bond donors (Lipinski definition) is 0. The maximum Gasteiger partial charge on any atom is 1.00 e. The number of hydrogen-bond acceptors (Lipinski definition) is 4. The summed E-state index contributed by atoms with van der Waals surface area (Å²) in [4.78, 5) is 26.1. The molecule has 0 saturated heterocycles. The Kier molecular flexibility index (Phi) is 25.1. The molecule has 0 atom stereocenters. The van der Waals surface area contributed by atoms with E-state index in [0.717, 1.165) is 5.56 Å². The number of ketones is 2. The van der Waals surface area contributed by atoms with Crippen LogP contribution in [0.2, 0.25) is 0 Å². The van der Waals surface area contributed by atoms with Crippen molar-refractivity contribution >= 4 is 27.5 Å². The van der Waals surface area contributed by atoms with E-state index in [-0.39, 0.29) is 47.7 Å². The number of halogens is 1. The molecule has 144 valence electrons. The molecule has 2 aromatic rings. The molecule has 0 aliphatic rings. The number of benzene rings is 2. The van der Waals surface area contributed by atoms with Crippen LogP contribution in [0.15, 0.2) is 65.8 Å². The average Bonchev–Trinajstić information content (AvgIpc) is 2.74. The van der Waals surface area contributed by atoms with Crippen molar-refractivity contribution in [2.75, 3.05) is 11.9 Å². The van der Waals surface area contributed by atoms with E-state index in [2.05, 4.69) is 26.0 Å². The van der Waals surface area contributed by atoms with Gasteiger partial charge >= 0.3 is 29.6 Å². The second-order valence-corrected chi connectivity index (χ2v) is 4.97. The van der Waals surface area contributed by atoms with Crippen LogP contribution in [-0.2, 0) is 0 Å². The molecule has 11 heteroatoms. The van der Waals surface area contributed by atoms with Gasteiger partial charge in [-0.15, -0.1) is 0 Å². The number of nitrogens with zero attached hydrogens (tertiary/aromatic N) is 7. The first-order valence-corrected chi connectivity index (χ1v) is 8.67. The minimum Gasteiger partial charge on any atom is -0.373 e. The molecule has 0 aliphatic heterocycles. The number of azide groups is 1. The number of rotatable bonds is 5. The van der Waals surface area contributed by atoms with E-state index in [0.29, 0.717) is 10.9 Å². The molecule has 0 N–H and O–H groups in total. The maximum absolute atomic E-state index is 11.1. The number of alkyl halides is 1. The Balaban J connectivity index is -0.000000360. The first-order chi connectivity index (χ1) is 13.5. The van der Waals surface area contributed by atoms with Crippen molar-refractivity contribution in [1.29, 1.82) is 5.26 Å². The van der Waals surface area contributed by atoms with E-state index < -0.39 is 0 Å². The van der Waals surface area contributed by atoms with E-state index in [4.69, 9.17) is 21.9 Å². The van der Waals surface area contributed by atoms with Crippen LogP contribution in [0, 0.1) is 11.3 Å². The topological polar surface area (TPSA) is 165 Å². The van der Waals surface area contributed by atoms with Gasteiger partial charge in [-0.1, -0.05) is 81.7 Å². The average molecular weight is 466 g/mol. The Labute approximate surface area is 199 Å². The van der Waals surface area contributed by atoms with Gasteiger partial charge in [0.2, 0.25) is 0 Å². The van der Waals surface area contributed by atoms with E-state index in [1.54, 1.807) is 30.3 Å². The molecule has 0 unspecified atom stereocenters. The molecule has 2 aromatic carbocycles. The quantitative estimate of drug-likeness (QED) is 0.165. The minimum atomic E-state index is -0.159. The third-order valence-electron chi connectivity index (χ3n) is 2.59. The SMILES string of the molecule is CC#N.O=C(CBr)c1ccccc1.[N-]=[N+]=NCC(=O)c1ccccc1.[N-]=[N+]=[N-].[Na+]. The fraction of sp³-hybridized carbons (Fsp3) is 0.167. The van der Waals surface area contributed by atoms with Gasteiger partial charge in [-0.2, -0.15) is 5.26 Å². The van der Waals surface area contributed by atoms with Crippen molar-refractivity contribution < 1.29 is 39.1 Å². The third kappa shape index (κ3) is 18.5. The second-order valence-electron chi connectivity index (χ2n) is 4.41. The van der Waals surface area contributed by atoms with Crippen molar-refractivity contribution in [3.63, 3.8) is 0 Å². The van der Waals surface area contributed by atoms with E-state index >= 15 is 0 Å². The van der Waals surface area contributed by atoms with Crippen molar-refractivity contribution in [3.05, 3.63) is 98.2 Å². The fourth-order valence-corrected chi connectivity index (χ4v) is 1.84. The summed E-state index contributed by atoms with van der Waals surface area (Å²) in [5, 5.41) is 10.9. The van der Waals surface area contributed by atoms with E-state index in [9.17, 15) is 9.59 Å². The fourth-order valence-electron chi connectivity index (χ4n) is 1.51. The second kappa shape index (κ2) is 23.4. The molecule has 29 heavy (non-hydrogen) atoms. The van der Waals surface area contributed by atoms with Gasteiger partial charge in [0.25, 0.3) is 0 Å². The Bertz CT molecular complexity index is 830. The zero-order chi connectivity index (χ0) is 21.6. The summed E-state index contributed by atoms with van der Waals surface area (Å²) in [7, 11) is 0. The number of Topliss-reactive ketones (excluding diaryl/α,β-unsaturated/α-hetero) is 2. The van der Waals surface area contributed by atoms with Gasteiger partial charge < -0.3 is 11.1 Å². The molecule has 0 radical (unpaired) electrons. The van der Waals surface area contributed by atoms with Crippen LogP contribution in [0.5, 0.6) is 0 Å². The molecule has 9 nitrogen and oxygen atoms in total. The van der Waals surface area contributed by atoms with Gasteiger partial charge in [0.05, 0.1) is 17.9 Å². The Morgan fingerprint density at radius 2 is 1.31 bits per heavy atom. The molecule has 0 aliphatic carbocycles. The van der Waals surface area contributed by atoms with Gasteiger partial charge in [-0.3, -0.25) is 14.5 Å². The van der Waals surface area contributed by atoms with Crippen molar-refractivity contribution in [1.82, 2.24) is 0 Å². The monoisotopic (exact) mass is 465 g/mol. The van der Waals surface area contributed by atoms with Gasteiger partial charge in [-0.25, -0.2) is 0 Å². The van der Waals surface area contributed by atoms with Crippen LogP contribution in [-0.4, -0.2) is 23.4 Å². The first-order valence-electron chi connectivity index (χ1n) is 7.54. The molecular formula is C18H17BrN7NaO2. The van der Waals surface area contributed by atoms with Gasteiger partial charge in [0.1, 0.15) is 0 Å². The number of nitriles is 1. The number of carbonyl (C=O) groups excluding carboxylic acids is 2. The summed E-state index contributed by atoms with van der Waals surface area (Å²) >= 11 is 3.10. The Morgan fingerprint density at radius 1 is 0.966 bits per heavy atom. The van der Waals surface area contributed by atoms with Gasteiger partial charge in [0, 0.05) is 23.0 Å². The summed E-state index contributed by atoms with van der Waals surface area (Å²) in [6.07, 6.45) is 0. The zero-order valence-electron chi connectivity index (χ0n) is 16.0. The van der Waals surface area contributed by atoms with Gasteiger partial charge in [0.15, 0.2) is 11.6 Å². The first kappa shape index (κ1) is 31.1. The summed E-state index contributed by atoms with van der Waals surface area (Å²) in [6, 6.07) is 19.7. The molecule has 2 rings (SSSR count). The van der Waals surface area contributed by atoms with E-state index in [1.165, 1.54) is 11.8 Å². The predicted octanol–water partition coefficient (Wildman–Crippen LogP) is 2.84. The maximum atomic E-state index is 11.1. The van der Waals surface area contributed by atoms with Crippen molar-refractivity contribution in [3.8, 4) is 6.07 Å². The predicted molar refractivity (Wildman–Crippen MR) is 111 cm³/mol. The molecule has 0 bridgehead atoms. The molecule has 0 fully saturated rings. The van der Waals surface area contributed by atoms with Gasteiger partial charge in [-0.05, 0) is 5.53 Å². The van der Waals surface area contributed by atoms with Crippen LogP contribution >= 0.6 is 15.9 Å². The number of carbonyl (C=O) groups is 2.